The topological polar surface area (TPSA) is 92.0 Å². The molecule has 100 valence electrons. The van der Waals surface area contributed by atoms with Gasteiger partial charge in [0.1, 0.15) is 0 Å². The summed E-state index contributed by atoms with van der Waals surface area (Å²) in [6.45, 7) is 3.76. The van der Waals surface area contributed by atoms with Gasteiger partial charge in [-0.05, 0) is 13.0 Å². The Hall–Kier alpha value is -0.933. The quantitative estimate of drug-likeness (QED) is 0.197. The summed E-state index contributed by atoms with van der Waals surface area (Å²) in [5, 5.41) is 2.59. The number of rotatable bonds is 9. The Labute approximate surface area is 102 Å². The lowest BCUT2D eigenvalue weighted by Crippen LogP contribution is -2.43. The molecule has 0 saturated carbocycles. The minimum Gasteiger partial charge on any atom is -0.406 e. The van der Waals surface area contributed by atoms with Gasteiger partial charge in [0.05, 0.1) is 0 Å². The van der Waals surface area contributed by atoms with Crippen LogP contribution in [-0.4, -0.2) is 42.6 Å². The van der Waals surface area contributed by atoms with E-state index in [1.54, 1.807) is 21.3 Å². The van der Waals surface area contributed by atoms with Gasteiger partial charge in [-0.25, -0.2) is 0 Å². The van der Waals surface area contributed by atoms with Crippen molar-refractivity contribution in [3.8, 4) is 0 Å². The first-order chi connectivity index (χ1) is 8.05. The second kappa shape index (κ2) is 8.20. The van der Waals surface area contributed by atoms with E-state index in [4.69, 9.17) is 19.2 Å². The van der Waals surface area contributed by atoms with E-state index in [0.29, 0.717) is 19.0 Å². The summed E-state index contributed by atoms with van der Waals surface area (Å²) in [7, 11) is 2.08. The lowest BCUT2D eigenvalue weighted by molar-refractivity contribution is -0.120. The van der Waals surface area contributed by atoms with Crippen LogP contribution in [0.3, 0.4) is 0 Å². The highest BCUT2D eigenvalue weighted by molar-refractivity contribution is 6.60. The third-order valence-corrected chi connectivity index (χ3v) is 5.11. The Morgan fingerprint density at radius 1 is 1.29 bits per heavy atom. The molecule has 3 N–H and O–H groups in total. The Kier molecular flexibility index (Phi) is 7.75. The maximum Gasteiger partial charge on any atom is 0.500 e. The maximum atomic E-state index is 11.2. The predicted molar refractivity (Wildman–Crippen MR) is 63.6 cm³/mol. The molecule has 0 saturated heterocycles. The molecule has 0 spiro atoms. The molecule has 0 radical (unpaired) electrons. The van der Waals surface area contributed by atoms with Crippen LogP contribution in [0.25, 0.3) is 0 Å². The van der Waals surface area contributed by atoms with Gasteiger partial charge in [-0.2, -0.15) is 5.90 Å². The van der Waals surface area contributed by atoms with Crippen LogP contribution in [0.2, 0.25) is 6.04 Å². The molecule has 0 fully saturated rings. The van der Waals surface area contributed by atoms with Crippen molar-refractivity contribution in [3.63, 3.8) is 0 Å². The van der Waals surface area contributed by atoms with Gasteiger partial charge in [-0.3, -0.25) is 4.79 Å². The van der Waals surface area contributed by atoms with Crippen LogP contribution in [0.15, 0.2) is 12.3 Å². The highest BCUT2D eigenvalue weighted by Crippen LogP contribution is 2.14. The molecule has 0 aromatic rings. The summed E-state index contributed by atoms with van der Waals surface area (Å²) in [5.41, 5.74) is 0. The van der Waals surface area contributed by atoms with Gasteiger partial charge < -0.3 is 23.4 Å². The smallest absolute Gasteiger partial charge is 0.406 e. The Balaban J connectivity index is 3.91. The summed E-state index contributed by atoms with van der Waals surface area (Å²) in [5.74, 6) is 4.23. The van der Waals surface area contributed by atoms with Gasteiger partial charge in [0.15, 0.2) is 0 Å². The zero-order valence-electron chi connectivity index (χ0n) is 10.4. The van der Waals surface area contributed by atoms with E-state index in [1.807, 2.05) is 0 Å². The van der Waals surface area contributed by atoms with Crippen molar-refractivity contribution in [1.29, 1.82) is 0 Å². The summed E-state index contributed by atoms with van der Waals surface area (Å²) in [6, 6.07) is 0.604. The number of carbonyl (C=O) groups excluding carboxylic acids is 1. The van der Waals surface area contributed by atoms with Crippen molar-refractivity contribution >= 4 is 14.7 Å². The van der Waals surface area contributed by atoms with Crippen molar-refractivity contribution in [2.45, 2.75) is 12.5 Å². The average Bonchev–Trinajstić information content (AvgIpc) is 2.38. The van der Waals surface area contributed by atoms with E-state index < -0.39 is 14.7 Å². The third kappa shape index (κ3) is 5.28. The number of amides is 1. The summed E-state index contributed by atoms with van der Waals surface area (Å²) in [6.07, 6.45) is 0.658. The Bertz CT molecular complexity index is 250. The van der Waals surface area contributed by atoms with Crippen molar-refractivity contribution in [1.82, 2.24) is 5.32 Å². The largest absolute Gasteiger partial charge is 0.500 e. The van der Waals surface area contributed by atoms with E-state index in [1.165, 1.54) is 0 Å². The normalized spacial score (nSPS) is 11.1. The molecule has 0 heterocycles. The average molecular weight is 264 g/mol. The van der Waals surface area contributed by atoms with Crippen molar-refractivity contribution < 1.29 is 22.9 Å². The van der Waals surface area contributed by atoms with Crippen LogP contribution in [0.5, 0.6) is 0 Å². The molecule has 0 atom stereocenters. The van der Waals surface area contributed by atoms with Gasteiger partial charge in [-0.1, -0.05) is 0 Å². The summed E-state index contributed by atoms with van der Waals surface area (Å²) < 4.78 is 15.7. The van der Waals surface area contributed by atoms with Crippen LogP contribution in [0.4, 0.5) is 0 Å². The number of nitrogens with two attached hydrogens (primary N) is 1. The second-order valence-corrected chi connectivity index (χ2v) is 6.29. The van der Waals surface area contributed by atoms with Crippen LogP contribution in [-0.2, 0) is 22.9 Å². The fraction of sp³-hybridized carbons (Fsp3) is 0.667. The molecule has 1 amide bonds. The Morgan fingerprint density at radius 2 is 1.82 bits per heavy atom. The molecule has 0 aliphatic rings. The molecule has 0 aromatic carbocycles. The second-order valence-electron chi connectivity index (χ2n) is 3.20. The predicted octanol–water partition coefficient (Wildman–Crippen LogP) is -0.225. The molecule has 0 rings (SSSR count). The minimum absolute atomic E-state index is 0.126. The van der Waals surface area contributed by atoms with Gasteiger partial charge in [0, 0.05) is 33.9 Å². The van der Waals surface area contributed by atoms with Crippen molar-refractivity contribution in [3.05, 3.63) is 12.3 Å². The van der Waals surface area contributed by atoms with Crippen LogP contribution < -0.4 is 11.2 Å². The fourth-order valence-corrected chi connectivity index (χ4v) is 2.94. The summed E-state index contributed by atoms with van der Waals surface area (Å²) in [4.78, 5) is 15.4. The van der Waals surface area contributed by atoms with Crippen molar-refractivity contribution in [2.75, 3.05) is 27.9 Å². The first-order valence-corrected chi connectivity index (χ1v) is 6.97. The molecule has 17 heavy (non-hydrogen) atoms. The van der Waals surface area contributed by atoms with Crippen molar-refractivity contribution in [2.24, 2.45) is 5.90 Å². The first-order valence-electron chi connectivity index (χ1n) is 5.04. The zero-order chi connectivity index (χ0) is 13.3. The minimum atomic E-state index is -2.55. The Morgan fingerprint density at radius 3 is 2.24 bits per heavy atom. The zero-order valence-corrected chi connectivity index (χ0v) is 11.4. The van der Waals surface area contributed by atoms with E-state index in [-0.39, 0.29) is 5.76 Å². The monoisotopic (exact) mass is 264 g/mol. The molecule has 8 heteroatoms. The molecule has 0 aliphatic heterocycles. The molecule has 0 aromatic heterocycles. The van der Waals surface area contributed by atoms with Crippen LogP contribution in [0, 0.1) is 0 Å². The number of hydrogen-bond donors (Lipinski definition) is 2. The van der Waals surface area contributed by atoms with Crippen LogP contribution in [0.1, 0.15) is 6.42 Å². The highest BCUT2D eigenvalue weighted by atomic mass is 28.4. The first kappa shape index (κ1) is 16.1. The summed E-state index contributed by atoms with van der Waals surface area (Å²) >= 11 is 0. The standard InChI is InChI=1S/C9H20N2O5Si/c1-8(16-10)9(12)11-6-5-7-17(13-2,14-3)15-4/h1,5-7,10H2,2-4H3,(H,11,12). The van der Waals surface area contributed by atoms with E-state index in [0.717, 1.165) is 0 Å². The van der Waals surface area contributed by atoms with Gasteiger partial charge in [0.2, 0.25) is 5.76 Å². The fourth-order valence-electron chi connectivity index (χ4n) is 1.22. The number of hydrogen-bond acceptors (Lipinski definition) is 6. The molecule has 7 nitrogen and oxygen atoms in total. The molecule has 0 bridgehead atoms. The SMILES string of the molecule is C=C(ON)C(=O)NCCC[Si](OC)(OC)OC. The van der Waals surface area contributed by atoms with E-state index >= 15 is 0 Å². The molecule has 0 unspecified atom stereocenters. The highest BCUT2D eigenvalue weighted by Gasteiger charge is 2.36. The lowest BCUT2D eigenvalue weighted by Gasteiger charge is -2.24. The maximum absolute atomic E-state index is 11.2. The number of nitrogens with one attached hydrogen (secondary N) is 1. The molecule has 0 aliphatic carbocycles. The number of carbonyl (C=O) groups is 1. The van der Waals surface area contributed by atoms with Crippen LogP contribution >= 0.6 is 0 Å². The van der Waals surface area contributed by atoms with Gasteiger partial charge in [-0.15, -0.1) is 0 Å². The molecular weight excluding hydrogens is 244 g/mol. The lowest BCUT2D eigenvalue weighted by atomic mass is 10.4. The van der Waals surface area contributed by atoms with E-state index in [2.05, 4.69) is 16.7 Å². The third-order valence-electron chi connectivity index (χ3n) is 2.27. The van der Waals surface area contributed by atoms with Gasteiger partial charge >= 0.3 is 8.80 Å². The molecular formula is C9H20N2O5Si. The van der Waals surface area contributed by atoms with E-state index in [9.17, 15) is 4.79 Å². The van der Waals surface area contributed by atoms with Gasteiger partial charge in [0.25, 0.3) is 5.91 Å².